The summed E-state index contributed by atoms with van der Waals surface area (Å²) in [5.74, 6) is 1.07. The lowest BCUT2D eigenvalue weighted by atomic mass is 9.86. The number of nitrogens with two attached hydrogens (primary N) is 1. The van der Waals surface area contributed by atoms with Gasteiger partial charge in [0.1, 0.15) is 0 Å². The van der Waals surface area contributed by atoms with Crippen LogP contribution in [0.5, 0.6) is 0 Å². The second-order valence-electron chi connectivity index (χ2n) is 7.33. The van der Waals surface area contributed by atoms with Crippen LogP contribution in [0.3, 0.4) is 0 Å². The first kappa shape index (κ1) is 19.4. The number of amides is 1. The lowest BCUT2D eigenvalue weighted by Gasteiger charge is -2.25. The topological polar surface area (TPSA) is 55.1 Å². The summed E-state index contributed by atoms with van der Waals surface area (Å²) in [5, 5.41) is 3.09. The molecule has 0 saturated carbocycles. The van der Waals surface area contributed by atoms with E-state index in [0.717, 1.165) is 13.0 Å². The highest BCUT2D eigenvalue weighted by atomic mass is 16.1. The molecule has 0 aromatic rings. The van der Waals surface area contributed by atoms with Crippen LogP contribution in [-0.2, 0) is 4.79 Å². The Bertz CT molecular complexity index is 262. The van der Waals surface area contributed by atoms with Gasteiger partial charge in [-0.15, -0.1) is 0 Å². The second kappa shape index (κ2) is 10.2. The van der Waals surface area contributed by atoms with Gasteiger partial charge in [-0.3, -0.25) is 4.79 Å². The van der Waals surface area contributed by atoms with Gasteiger partial charge in [-0.05, 0) is 36.6 Å². The van der Waals surface area contributed by atoms with Crippen molar-refractivity contribution in [3.8, 4) is 0 Å². The van der Waals surface area contributed by atoms with Crippen LogP contribution in [0.2, 0.25) is 0 Å². The number of hydrogen-bond acceptors (Lipinski definition) is 2. The molecule has 3 heteroatoms. The normalized spacial score (nSPS) is 13.6. The quantitative estimate of drug-likeness (QED) is 0.568. The fraction of sp³-hybridized carbons (Fsp3) is 0.941. The third-order valence-electron chi connectivity index (χ3n) is 3.83. The van der Waals surface area contributed by atoms with E-state index in [9.17, 15) is 4.79 Å². The van der Waals surface area contributed by atoms with Gasteiger partial charge in [0.2, 0.25) is 5.91 Å². The Morgan fingerprint density at radius 1 is 1.25 bits per heavy atom. The average Bonchev–Trinajstić information content (AvgIpc) is 2.35. The average molecular weight is 284 g/mol. The van der Waals surface area contributed by atoms with Gasteiger partial charge in [0.15, 0.2) is 0 Å². The summed E-state index contributed by atoms with van der Waals surface area (Å²) >= 11 is 0. The highest BCUT2D eigenvalue weighted by Crippen LogP contribution is 2.23. The SMILES string of the molecule is CCCCCC(C)(C)CNC(=O)C[C@@H](CN)CC(C)C. The predicted molar refractivity (Wildman–Crippen MR) is 87.5 cm³/mol. The molecular formula is C17H36N2O. The van der Waals surface area contributed by atoms with Gasteiger partial charge in [0.25, 0.3) is 0 Å². The zero-order valence-corrected chi connectivity index (χ0v) is 14.3. The maximum Gasteiger partial charge on any atom is 0.220 e. The smallest absolute Gasteiger partial charge is 0.220 e. The Hall–Kier alpha value is -0.570. The van der Waals surface area contributed by atoms with Crippen molar-refractivity contribution < 1.29 is 4.79 Å². The molecule has 0 aliphatic carbocycles. The molecule has 0 heterocycles. The first-order chi connectivity index (χ1) is 9.30. The second-order valence-corrected chi connectivity index (χ2v) is 7.33. The molecule has 3 nitrogen and oxygen atoms in total. The van der Waals surface area contributed by atoms with Crippen LogP contribution in [-0.4, -0.2) is 19.0 Å². The van der Waals surface area contributed by atoms with Crippen LogP contribution < -0.4 is 11.1 Å². The van der Waals surface area contributed by atoms with Crippen LogP contribution >= 0.6 is 0 Å². The zero-order chi connectivity index (χ0) is 15.6. The van der Waals surface area contributed by atoms with Crippen LogP contribution in [0, 0.1) is 17.3 Å². The van der Waals surface area contributed by atoms with Crippen molar-refractivity contribution in [1.82, 2.24) is 5.32 Å². The predicted octanol–water partition coefficient (Wildman–Crippen LogP) is 3.72. The molecule has 0 aliphatic rings. The van der Waals surface area contributed by atoms with Crippen LogP contribution in [0.25, 0.3) is 0 Å². The minimum absolute atomic E-state index is 0.157. The molecule has 0 saturated heterocycles. The van der Waals surface area contributed by atoms with E-state index in [1.807, 2.05) is 0 Å². The molecule has 0 aromatic carbocycles. The molecule has 0 fully saturated rings. The number of carbonyl (C=O) groups excluding carboxylic acids is 1. The van der Waals surface area contributed by atoms with E-state index >= 15 is 0 Å². The van der Waals surface area contributed by atoms with E-state index in [4.69, 9.17) is 5.73 Å². The molecular weight excluding hydrogens is 248 g/mol. The number of hydrogen-bond donors (Lipinski definition) is 2. The fourth-order valence-corrected chi connectivity index (χ4v) is 2.54. The highest BCUT2D eigenvalue weighted by Gasteiger charge is 2.20. The number of rotatable bonds is 11. The van der Waals surface area contributed by atoms with Crippen molar-refractivity contribution in [1.29, 1.82) is 0 Å². The fourth-order valence-electron chi connectivity index (χ4n) is 2.54. The van der Waals surface area contributed by atoms with Gasteiger partial charge in [0.05, 0.1) is 0 Å². The third-order valence-corrected chi connectivity index (χ3v) is 3.83. The Kier molecular flexibility index (Phi) is 9.91. The van der Waals surface area contributed by atoms with Gasteiger partial charge in [-0.1, -0.05) is 53.9 Å². The summed E-state index contributed by atoms with van der Waals surface area (Å²) in [4.78, 5) is 12.0. The molecule has 0 spiro atoms. The monoisotopic (exact) mass is 284 g/mol. The van der Waals surface area contributed by atoms with Gasteiger partial charge >= 0.3 is 0 Å². The number of unbranched alkanes of at least 4 members (excludes halogenated alkanes) is 2. The Morgan fingerprint density at radius 2 is 1.90 bits per heavy atom. The van der Waals surface area contributed by atoms with E-state index in [1.54, 1.807) is 0 Å². The molecule has 0 aromatic heterocycles. The molecule has 1 amide bonds. The first-order valence-electron chi connectivity index (χ1n) is 8.27. The molecule has 1 atom stereocenters. The number of carbonyl (C=O) groups is 1. The van der Waals surface area contributed by atoms with E-state index in [0.29, 0.717) is 24.8 Å². The van der Waals surface area contributed by atoms with Crippen molar-refractivity contribution in [2.75, 3.05) is 13.1 Å². The van der Waals surface area contributed by atoms with Crippen LogP contribution in [0.15, 0.2) is 0 Å². The van der Waals surface area contributed by atoms with E-state index in [2.05, 4.69) is 39.9 Å². The van der Waals surface area contributed by atoms with E-state index in [1.165, 1.54) is 25.7 Å². The van der Waals surface area contributed by atoms with Crippen LogP contribution in [0.4, 0.5) is 0 Å². The molecule has 3 N–H and O–H groups in total. The lowest BCUT2D eigenvalue weighted by molar-refractivity contribution is -0.122. The summed E-state index contributed by atoms with van der Waals surface area (Å²) in [7, 11) is 0. The summed E-state index contributed by atoms with van der Waals surface area (Å²) in [5.41, 5.74) is 5.95. The minimum Gasteiger partial charge on any atom is -0.356 e. The van der Waals surface area contributed by atoms with Crippen molar-refractivity contribution in [3.05, 3.63) is 0 Å². The van der Waals surface area contributed by atoms with E-state index < -0.39 is 0 Å². The first-order valence-corrected chi connectivity index (χ1v) is 8.27. The Labute approximate surface area is 126 Å². The molecule has 20 heavy (non-hydrogen) atoms. The zero-order valence-electron chi connectivity index (χ0n) is 14.3. The molecule has 0 rings (SSSR count). The maximum absolute atomic E-state index is 12.0. The summed E-state index contributed by atoms with van der Waals surface area (Å²) in [6, 6.07) is 0. The molecule has 0 bridgehead atoms. The summed E-state index contributed by atoms with van der Waals surface area (Å²) < 4.78 is 0. The van der Waals surface area contributed by atoms with Crippen molar-refractivity contribution >= 4 is 5.91 Å². The largest absolute Gasteiger partial charge is 0.356 e. The molecule has 120 valence electrons. The molecule has 0 unspecified atom stereocenters. The maximum atomic E-state index is 12.0. The standard InChI is InChI=1S/C17H36N2O/c1-6-7-8-9-17(4,5)13-19-16(20)11-15(12-18)10-14(2)3/h14-15H,6-13,18H2,1-5H3,(H,19,20)/t15-/m0/s1. The van der Waals surface area contributed by atoms with Gasteiger partial charge in [0, 0.05) is 13.0 Å². The van der Waals surface area contributed by atoms with Crippen molar-refractivity contribution in [2.24, 2.45) is 23.0 Å². The van der Waals surface area contributed by atoms with E-state index in [-0.39, 0.29) is 11.3 Å². The highest BCUT2D eigenvalue weighted by molar-refractivity contribution is 5.76. The number of nitrogens with one attached hydrogen (secondary N) is 1. The molecule has 0 aliphatic heterocycles. The summed E-state index contributed by atoms with van der Waals surface area (Å²) in [6.07, 6.45) is 6.55. The van der Waals surface area contributed by atoms with Gasteiger partial charge in [-0.25, -0.2) is 0 Å². The lowest BCUT2D eigenvalue weighted by Crippen LogP contribution is -2.35. The van der Waals surface area contributed by atoms with Gasteiger partial charge in [-0.2, -0.15) is 0 Å². The Balaban J connectivity index is 4.01. The third kappa shape index (κ3) is 10.2. The summed E-state index contributed by atoms with van der Waals surface area (Å²) in [6.45, 7) is 12.4. The molecule has 0 radical (unpaired) electrons. The Morgan fingerprint density at radius 3 is 2.40 bits per heavy atom. The van der Waals surface area contributed by atoms with Gasteiger partial charge < -0.3 is 11.1 Å². The van der Waals surface area contributed by atoms with Crippen LogP contribution in [0.1, 0.15) is 73.1 Å². The minimum atomic E-state index is 0.157. The van der Waals surface area contributed by atoms with Crippen molar-refractivity contribution in [3.63, 3.8) is 0 Å². The van der Waals surface area contributed by atoms with Crippen molar-refractivity contribution in [2.45, 2.75) is 73.1 Å².